The molecule has 3 aliphatic heterocycles. The molecular weight excluding hydrogens is 1310 g/mol. The molecule has 3 heterocycles. The molecule has 16 heteroatoms. The highest BCUT2D eigenvalue weighted by Crippen LogP contribution is 2.40. The van der Waals surface area contributed by atoms with E-state index in [1.54, 1.807) is 0 Å². The summed E-state index contributed by atoms with van der Waals surface area (Å²) < 4.78 is 108. The Kier molecular flexibility index (Phi) is 28.1. The third-order valence-corrected chi connectivity index (χ3v) is 18.6. The van der Waals surface area contributed by atoms with Gasteiger partial charge in [-0.15, -0.1) is 0 Å². The van der Waals surface area contributed by atoms with Crippen molar-refractivity contribution in [1.82, 2.24) is 0 Å². The van der Waals surface area contributed by atoms with Crippen molar-refractivity contribution in [2.75, 3.05) is 19.8 Å². The first-order valence-electron chi connectivity index (χ1n) is 35.9. The van der Waals surface area contributed by atoms with E-state index in [1.807, 2.05) is 303 Å². The summed E-state index contributed by atoms with van der Waals surface area (Å²) in [5.41, 5.74) is 9.20. The number of benzene rings is 10. The summed E-state index contributed by atoms with van der Waals surface area (Å²) >= 11 is 0. The van der Waals surface area contributed by atoms with E-state index in [0.717, 1.165) is 55.6 Å². The van der Waals surface area contributed by atoms with E-state index in [9.17, 15) is 5.11 Å². The minimum absolute atomic E-state index is 0.0397. The maximum absolute atomic E-state index is 12.4. The monoisotopic (exact) mass is 1400 g/mol. The Morgan fingerprint density at radius 3 is 0.663 bits per heavy atom. The number of hydrogen-bond acceptors (Lipinski definition) is 16. The number of ether oxygens (including phenoxy) is 15. The molecule has 3 aliphatic rings. The Balaban J connectivity index is 0.929. The zero-order valence-corrected chi connectivity index (χ0v) is 58.3. The fraction of sp³-hybridized carbons (Fsp3) is 0.318. The van der Waals surface area contributed by atoms with Crippen LogP contribution in [0.2, 0.25) is 0 Å². The predicted octanol–water partition coefficient (Wildman–Crippen LogP) is 14.7. The standard InChI is InChI=1S/C88H92O16/c89-86-83(97-58-71-45-25-8-26-46-71)81(95-56-69-41-21-6-22-42-69)78(75(100-86)62-91-52-65-33-13-2-14-34-65)103-88-85(99-60-73-49-29-10-30-50-73)82(96-57-70-43-23-7-24-44-70)79(76(102-88)63-92-53-66-35-15-3-16-36-66)104-87-84(98-59-72-47-27-9-28-48-72)80(94-55-68-39-19-5-20-40-68)77(93-54-67-37-17-4-18-38-67)74(101-87)61-90-51-64-31-11-1-12-32-64/h1-50,74-89H,51-63H2. The summed E-state index contributed by atoms with van der Waals surface area (Å²) in [6, 6.07) is 99.4. The van der Waals surface area contributed by atoms with Gasteiger partial charge in [-0.3, -0.25) is 0 Å². The molecule has 10 aromatic carbocycles. The molecule has 10 aromatic rings. The first-order valence-corrected chi connectivity index (χ1v) is 35.9. The predicted molar refractivity (Wildman–Crippen MR) is 391 cm³/mol. The van der Waals surface area contributed by atoms with E-state index in [2.05, 4.69) is 0 Å². The zero-order valence-electron chi connectivity index (χ0n) is 58.3. The minimum atomic E-state index is -1.50. The molecule has 0 amide bonds. The van der Waals surface area contributed by atoms with Crippen LogP contribution in [-0.4, -0.2) is 117 Å². The molecule has 0 bridgehead atoms. The largest absolute Gasteiger partial charge is 0.374 e. The van der Waals surface area contributed by atoms with Gasteiger partial charge in [0, 0.05) is 0 Å². The summed E-state index contributed by atoms with van der Waals surface area (Å²) in [6.07, 6.45) is -16.1. The van der Waals surface area contributed by atoms with Gasteiger partial charge in [0.25, 0.3) is 0 Å². The summed E-state index contributed by atoms with van der Waals surface area (Å²) in [5, 5.41) is 12.4. The van der Waals surface area contributed by atoms with Crippen LogP contribution in [0.25, 0.3) is 0 Å². The van der Waals surface area contributed by atoms with E-state index < -0.39 is 92.1 Å². The normalized spacial score (nSPS) is 24.8. The van der Waals surface area contributed by atoms with Crippen LogP contribution in [0, 0.1) is 0 Å². The summed E-state index contributed by atoms with van der Waals surface area (Å²) in [5.74, 6) is 0. The quantitative estimate of drug-likeness (QED) is 0.0392. The highest BCUT2D eigenvalue weighted by Gasteiger charge is 2.57. The van der Waals surface area contributed by atoms with Crippen LogP contribution < -0.4 is 0 Å². The highest BCUT2D eigenvalue weighted by atomic mass is 16.8. The topological polar surface area (TPSA) is 159 Å². The van der Waals surface area contributed by atoms with Crippen molar-refractivity contribution in [1.29, 1.82) is 0 Å². The molecule has 104 heavy (non-hydrogen) atoms. The molecule has 0 aromatic heterocycles. The maximum atomic E-state index is 12.4. The molecule has 3 saturated heterocycles. The molecule has 15 unspecified atom stereocenters. The Morgan fingerprint density at radius 1 is 0.202 bits per heavy atom. The van der Waals surface area contributed by atoms with E-state index in [4.69, 9.17) is 71.1 Å². The van der Waals surface area contributed by atoms with Gasteiger partial charge in [0.05, 0.1) is 85.9 Å². The lowest BCUT2D eigenvalue weighted by molar-refractivity contribution is -0.394. The van der Waals surface area contributed by atoms with Crippen molar-refractivity contribution in [3.05, 3.63) is 359 Å². The highest BCUT2D eigenvalue weighted by molar-refractivity contribution is 5.21. The van der Waals surface area contributed by atoms with Gasteiger partial charge in [-0.2, -0.15) is 0 Å². The van der Waals surface area contributed by atoms with Crippen LogP contribution in [0.4, 0.5) is 0 Å². The summed E-state index contributed by atoms with van der Waals surface area (Å²) in [4.78, 5) is 0. The third-order valence-electron chi connectivity index (χ3n) is 18.6. The molecule has 16 nitrogen and oxygen atoms in total. The van der Waals surface area contributed by atoms with Crippen LogP contribution in [-0.2, 0) is 137 Å². The lowest BCUT2D eigenvalue weighted by Crippen LogP contribution is -2.68. The van der Waals surface area contributed by atoms with Crippen molar-refractivity contribution in [2.45, 2.75) is 158 Å². The second-order valence-electron chi connectivity index (χ2n) is 26.2. The molecule has 0 radical (unpaired) electrons. The van der Waals surface area contributed by atoms with E-state index in [0.29, 0.717) is 6.61 Å². The molecule has 0 spiro atoms. The number of hydrogen-bond donors (Lipinski definition) is 1. The van der Waals surface area contributed by atoms with Crippen molar-refractivity contribution in [3.8, 4) is 0 Å². The van der Waals surface area contributed by atoms with Crippen molar-refractivity contribution >= 4 is 0 Å². The third kappa shape index (κ3) is 21.6. The Bertz CT molecular complexity index is 3960. The van der Waals surface area contributed by atoms with Crippen LogP contribution in [0.15, 0.2) is 303 Å². The fourth-order valence-electron chi connectivity index (χ4n) is 13.2. The first kappa shape index (κ1) is 73.9. The minimum Gasteiger partial charge on any atom is -0.374 e. The number of aliphatic hydroxyl groups excluding tert-OH is 1. The van der Waals surface area contributed by atoms with Crippen LogP contribution in [0.3, 0.4) is 0 Å². The first-order chi connectivity index (χ1) is 51.5. The smallest absolute Gasteiger partial charge is 0.187 e. The van der Waals surface area contributed by atoms with Crippen molar-refractivity contribution in [3.63, 3.8) is 0 Å². The Labute approximate surface area is 610 Å². The Morgan fingerprint density at radius 2 is 0.394 bits per heavy atom. The molecule has 0 aliphatic carbocycles. The van der Waals surface area contributed by atoms with Gasteiger partial charge in [-0.05, 0) is 55.6 Å². The average molecular weight is 1410 g/mol. The molecule has 15 atom stereocenters. The molecule has 0 saturated carbocycles. The SMILES string of the molecule is OC1OC(COCc2ccccc2)C(OC2OC(COCc3ccccc3)C(OC3OC(COCc4ccccc4)C(OCc4ccccc4)C(OCc4ccccc4)C3OCc3ccccc3)C(OCc3ccccc3)C2OCc2ccccc2)C(OCc2ccccc2)C1OCc1ccccc1. The average Bonchev–Trinajstić information content (AvgIpc) is 0.764. The van der Waals surface area contributed by atoms with Crippen LogP contribution in [0.5, 0.6) is 0 Å². The zero-order chi connectivity index (χ0) is 70.6. The number of rotatable bonds is 37. The van der Waals surface area contributed by atoms with E-state index >= 15 is 0 Å². The Hall–Kier alpha value is -8.44. The van der Waals surface area contributed by atoms with Gasteiger partial charge >= 0.3 is 0 Å². The van der Waals surface area contributed by atoms with Gasteiger partial charge in [0.15, 0.2) is 18.9 Å². The van der Waals surface area contributed by atoms with Gasteiger partial charge in [-0.25, -0.2) is 0 Å². The molecule has 540 valence electrons. The number of aliphatic hydroxyl groups is 1. The fourth-order valence-corrected chi connectivity index (χ4v) is 13.2. The summed E-state index contributed by atoms with van der Waals surface area (Å²) in [6.45, 7) is 1.71. The summed E-state index contributed by atoms with van der Waals surface area (Å²) in [7, 11) is 0. The van der Waals surface area contributed by atoms with Crippen molar-refractivity contribution in [2.24, 2.45) is 0 Å². The molecule has 13 rings (SSSR count). The van der Waals surface area contributed by atoms with Crippen LogP contribution in [0.1, 0.15) is 55.6 Å². The molecular formula is C88H92O16. The van der Waals surface area contributed by atoms with E-state index in [1.165, 1.54) is 0 Å². The van der Waals surface area contributed by atoms with Gasteiger partial charge in [-0.1, -0.05) is 303 Å². The van der Waals surface area contributed by atoms with Gasteiger partial charge in [0.2, 0.25) is 0 Å². The van der Waals surface area contributed by atoms with Crippen LogP contribution >= 0.6 is 0 Å². The second-order valence-corrected chi connectivity index (χ2v) is 26.2. The molecule has 3 fully saturated rings. The van der Waals surface area contributed by atoms with Crippen molar-refractivity contribution < 1.29 is 76.2 Å². The molecule has 1 N–H and O–H groups in total. The maximum Gasteiger partial charge on any atom is 0.187 e. The van der Waals surface area contributed by atoms with Gasteiger partial charge in [0.1, 0.15) is 73.2 Å². The van der Waals surface area contributed by atoms with E-state index in [-0.39, 0.29) is 79.3 Å². The lowest BCUT2D eigenvalue weighted by atomic mass is 9.95. The second kappa shape index (κ2) is 39.6. The van der Waals surface area contributed by atoms with Gasteiger partial charge < -0.3 is 76.2 Å². The lowest BCUT2D eigenvalue weighted by Gasteiger charge is -2.51.